The molecule has 20 heavy (non-hydrogen) atoms. The van der Waals surface area contributed by atoms with Crippen LogP contribution in [0.4, 0.5) is 4.39 Å². The molecule has 0 unspecified atom stereocenters. The molecule has 0 aromatic heterocycles. The van der Waals surface area contributed by atoms with Crippen LogP contribution in [-0.2, 0) is 0 Å². The second kappa shape index (κ2) is 5.94. The molecule has 0 radical (unpaired) electrons. The Labute approximate surface area is 129 Å². The minimum absolute atomic E-state index is 0.184. The van der Waals surface area contributed by atoms with Gasteiger partial charge >= 0.3 is 0 Å². The van der Waals surface area contributed by atoms with Gasteiger partial charge in [0.2, 0.25) is 0 Å². The minimum Gasteiger partial charge on any atom is -0.455 e. The van der Waals surface area contributed by atoms with Crippen molar-refractivity contribution in [2.75, 3.05) is 0 Å². The summed E-state index contributed by atoms with van der Waals surface area (Å²) in [5, 5.41) is 0.407. The Morgan fingerprint density at radius 1 is 1.25 bits per heavy atom. The summed E-state index contributed by atoms with van der Waals surface area (Å²) in [5.41, 5.74) is 0.584. The highest BCUT2D eigenvalue weighted by molar-refractivity contribution is 9.10. The molecule has 0 atom stereocenters. The molecule has 0 aliphatic carbocycles. The zero-order valence-electron chi connectivity index (χ0n) is 10.8. The Morgan fingerprint density at radius 2 is 1.95 bits per heavy atom. The van der Waals surface area contributed by atoms with Gasteiger partial charge in [-0.3, -0.25) is 4.79 Å². The topological polar surface area (TPSA) is 26.3 Å². The smallest absolute Gasteiger partial charge is 0.163 e. The first kappa shape index (κ1) is 15.0. The fraction of sp³-hybridized carbons (Fsp3) is 0.133. The van der Waals surface area contributed by atoms with Crippen molar-refractivity contribution in [2.45, 2.75) is 13.8 Å². The number of benzene rings is 2. The molecule has 2 aromatic carbocycles. The standard InChI is InChI=1S/C15H11BrClFO2/c1-8-5-14(11(9(2)19)7-13(8)18)20-15-6-10(16)3-4-12(15)17/h3-7H,1-2H3. The average molecular weight is 358 g/mol. The molecule has 0 bridgehead atoms. The van der Waals surface area contributed by atoms with Gasteiger partial charge < -0.3 is 4.74 Å². The lowest BCUT2D eigenvalue weighted by Crippen LogP contribution is -2.00. The van der Waals surface area contributed by atoms with Crippen LogP contribution >= 0.6 is 27.5 Å². The average Bonchev–Trinajstić information content (AvgIpc) is 2.37. The van der Waals surface area contributed by atoms with Gasteiger partial charge in [-0.05, 0) is 49.7 Å². The Morgan fingerprint density at radius 3 is 2.60 bits per heavy atom. The van der Waals surface area contributed by atoms with Gasteiger partial charge in [-0.1, -0.05) is 27.5 Å². The summed E-state index contributed by atoms with van der Waals surface area (Å²) in [6.45, 7) is 2.97. The van der Waals surface area contributed by atoms with Crippen molar-refractivity contribution >= 4 is 33.3 Å². The molecule has 0 saturated heterocycles. The van der Waals surface area contributed by atoms with Crippen molar-refractivity contribution in [3.8, 4) is 11.5 Å². The minimum atomic E-state index is -0.442. The van der Waals surface area contributed by atoms with E-state index in [1.165, 1.54) is 19.1 Å². The lowest BCUT2D eigenvalue weighted by Gasteiger charge is -2.12. The first-order valence-electron chi connectivity index (χ1n) is 5.82. The molecule has 0 aliphatic rings. The molecule has 0 amide bonds. The van der Waals surface area contributed by atoms with Gasteiger partial charge in [0.15, 0.2) is 5.78 Å². The Bertz CT molecular complexity index is 686. The highest BCUT2D eigenvalue weighted by atomic mass is 79.9. The lowest BCUT2D eigenvalue weighted by atomic mass is 10.1. The molecule has 2 nitrogen and oxygen atoms in total. The third kappa shape index (κ3) is 3.19. The second-order valence-corrected chi connectivity index (χ2v) is 5.65. The van der Waals surface area contributed by atoms with E-state index < -0.39 is 5.82 Å². The van der Waals surface area contributed by atoms with Crippen LogP contribution in [0.5, 0.6) is 11.5 Å². The van der Waals surface area contributed by atoms with E-state index in [0.717, 1.165) is 4.47 Å². The molecule has 0 spiro atoms. The summed E-state index contributed by atoms with van der Waals surface area (Å²) >= 11 is 9.36. The maximum absolute atomic E-state index is 13.6. The van der Waals surface area contributed by atoms with Crippen LogP contribution < -0.4 is 4.74 Å². The van der Waals surface area contributed by atoms with E-state index in [-0.39, 0.29) is 17.1 Å². The Hall–Kier alpha value is -1.39. The number of ether oxygens (including phenoxy) is 1. The highest BCUT2D eigenvalue weighted by Crippen LogP contribution is 2.34. The van der Waals surface area contributed by atoms with E-state index in [4.69, 9.17) is 16.3 Å². The van der Waals surface area contributed by atoms with E-state index in [1.807, 2.05) is 0 Å². The van der Waals surface area contributed by atoms with Crippen molar-refractivity contribution in [1.29, 1.82) is 0 Å². The van der Waals surface area contributed by atoms with Crippen LogP contribution in [0.3, 0.4) is 0 Å². The van der Waals surface area contributed by atoms with Gasteiger partial charge in [0.25, 0.3) is 0 Å². The summed E-state index contributed by atoms with van der Waals surface area (Å²) in [6, 6.07) is 7.80. The number of hydrogen-bond donors (Lipinski definition) is 0. The van der Waals surface area contributed by atoms with Gasteiger partial charge in [-0.15, -0.1) is 0 Å². The van der Waals surface area contributed by atoms with E-state index in [1.54, 1.807) is 25.1 Å². The maximum Gasteiger partial charge on any atom is 0.163 e. The monoisotopic (exact) mass is 356 g/mol. The fourth-order valence-electron chi connectivity index (χ4n) is 1.69. The molecule has 2 aromatic rings. The van der Waals surface area contributed by atoms with Gasteiger partial charge in [0.05, 0.1) is 10.6 Å². The molecular formula is C15H11BrClFO2. The van der Waals surface area contributed by atoms with E-state index in [9.17, 15) is 9.18 Å². The fourth-order valence-corrected chi connectivity index (χ4v) is 2.18. The van der Waals surface area contributed by atoms with Gasteiger partial charge in [-0.25, -0.2) is 4.39 Å². The third-order valence-electron chi connectivity index (χ3n) is 2.75. The number of rotatable bonds is 3. The summed E-state index contributed by atoms with van der Waals surface area (Å²) in [7, 11) is 0. The first-order valence-corrected chi connectivity index (χ1v) is 6.99. The lowest BCUT2D eigenvalue weighted by molar-refractivity contribution is 0.101. The van der Waals surface area contributed by atoms with Crippen molar-refractivity contribution < 1.29 is 13.9 Å². The molecule has 0 heterocycles. The first-order chi connectivity index (χ1) is 9.38. The van der Waals surface area contributed by atoms with E-state index in [2.05, 4.69) is 15.9 Å². The van der Waals surface area contributed by atoms with Crippen LogP contribution in [0.1, 0.15) is 22.8 Å². The maximum atomic E-state index is 13.6. The van der Waals surface area contributed by atoms with Crippen LogP contribution in [0.15, 0.2) is 34.8 Å². The predicted octanol–water partition coefficient (Wildman–Crippen LogP) is 5.54. The van der Waals surface area contributed by atoms with Crippen molar-refractivity contribution in [3.63, 3.8) is 0 Å². The molecule has 0 aliphatic heterocycles. The number of carbonyl (C=O) groups is 1. The molecule has 0 fully saturated rings. The zero-order chi connectivity index (χ0) is 14.9. The molecule has 104 valence electrons. The molecular weight excluding hydrogens is 347 g/mol. The summed E-state index contributed by atoms with van der Waals surface area (Å²) < 4.78 is 20.0. The second-order valence-electron chi connectivity index (χ2n) is 4.33. The molecule has 0 saturated carbocycles. The van der Waals surface area contributed by atoms with Crippen molar-refractivity contribution in [3.05, 3.63) is 56.8 Å². The van der Waals surface area contributed by atoms with E-state index >= 15 is 0 Å². The van der Waals surface area contributed by atoms with Gasteiger partial charge in [-0.2, -0.15) is 0 Å². The number of carbonyl (C=O) groups excluding carboxylic acids is 1. The SMILES string of the molecule is CC(=O)c1cc(F)c(C)cc1Oc1cc(Br)ccc1Cl. The number of Topliss-reactive ketones (excluding diaryl/α,β-unsaturated/α-hetero) is 1. The number of aryl methyl sites for hydroxylation is 1. The van der Waals surface area contributed by atoms with Gasteiger partial charge in [0.1, 0.15) is 17.3 Å². The Kier molecular flexibility index (Phi) is 4.45. The number of ketones is 1. The third-order valence-corrected chi connectivity index (χ3v) is 3.56. The molecule has 0 N–H and O–H groups in total. The zero-order valence-corrected chi connectivity index (χ0v) is 13.2. The Balaban J connectivity index is 2.50. The van der Waals surface area contributed by atoms with Crippen LogP contribution in [0.25, 0.3) is 0 Å². The van der Waals surface area contributed by atoms with Crippen LogP contribution in [0.2, 0.25) is 5.02 Å². The van der Waals surface area contributed by atoms with Crippen LogP contribution in [0, 0.1) is 12.7 Å². The number of halogens is 3. The predicted molar refractivity (Wildman–Crippen MR) is 80.4 cm³/mol. The van der Waals surface area contributed by atoms with Crippen molar-refractivity contribution in [2.24, 2.45) is 0 Å². The number of hydrogen-bond acceptors (Lipinski definition) is 2. The quantitative estimate of drug-likeness (QED) is 0.674. The van der Waals surface area contributed by atoms with E-state index in [0.29, 0.717) is 16.3 Å². The van der Waals surface area contributed by atoms with Gasteiger partial charge in [0, 0.05) is 4.47 Å². The normalized spacial score (nSPS) is 10.4. The summed E-state index contributed by atoms with van der Waals surface area (Å²) in [6.07, 6.45) is 0. The molecule has 5 heteroatoms. The van der Waals surface area contributed by atoms with Crippen molar-refractivity contribution in [1.82, 2.24) is 0 Å². The van der Waals surface area contributed by atoms with Crippen LogP contribution in [-0.4, -0.2) is 5.78 Å². The molecule has 2 rings (SSSR count). The summed E-state index contributed by atoms with van der Waals surface area (Å²) in [5.74, 6) is -0.0288. The highest BCUT2D eigenvalue weighted by Gasteiger charge is 2.14. The largest absolute Gasteiger partial charge is 0.455 e. The summed E-state index contributed by atoms with van der Waals surface area (Å²) in [4.78, 5) is 11.6.